The van der Waals surface area contributed by atoms with E-state index in [1.165, 1.54) is 0 Å². The third-order valence-electron chi connectivity index (χ3n) is 11.3. The summed E-state index contributed by atoms with van der Waals surface area (Å²) in [7, 11) is -9.62. The minimum atomic E-state index is -2.84. The number of hydrogen-bond donors (Lipinski definition) is 0. The van der Waals surface area contributed by atoms with Crippen molar-refractivity contribution in [2.24, 2.45) is 0 Å². The Morgan fingerprint density at radius 3 is 1.38 bits per heavy atom. The Morgan fingerprint density at radius 1 is 0.617 bits per heavy atom. The highest BCUT2D eigenvalue weighted by Crippen LogP contribution is 2.45. The summed E-state index contributed by atoms with van der Waals surface area (Å²) < 4.78 is 35.9. The van der Waals surface area contributed by atoms with Gasteiger partial charge in [-0.3, -0.25) is 0 Å². The van der Waals surface area contributed by atoms with E-state index in [2.05, 4.69) is 157 Å². The molecule has 1 aliphatic heterocycles. The van der Waals surface area contributed by atoms with Gasteiger partial charge in [-0.05, 0) is 64.8 Å². The van der Waals surface area contributed by atoms with Crippen molar-refractivity contribution in [2.75, 3.05) is 6.61 Å². The molecular weight excluding hydrogens is 649 g/mol. The van der Waals surface area contributed by atoms with Crippen LogP contribution in [-0.2, 0) is 22.4 Å². The van der Waals surface area contributed by atoms with E-state index < -0.39 is 39.4 Å². The fourth-order valence-corrected chi connectivity index (χ4v) is 11.9. The Bertz CT molecular complexity index is 1250. The summed E-state index contributed by atoms with van der Waals surface area (Å²) in [5, 5.41) is 2.32. The molecule has 0 N–H and O–H groups in total. The van der Waals surface area contributed by atoms with E-state index in [1.807, 2.05) is 24.4 Å². The molecule has 3 rings (SSSR count). The van der Waals surface area contributed by atoms with Gasteiger partial charge in [-0.25, -0.2) is 0 Å². The first-order valence-corrected chi connectivity index (χ1v) is 28.0. The zero-order chi connectivity index (χ0) is 35.7. The summed E-state index contributed by atoms with van der Waals surface area (Å²) >= 11 is 0. The molecule has 0 aromatic heterocycles. The van der Waals surface area contributed by atoms with Crippen LogP contribution in [0.25, 0.3) is 0 Å². The lowest BCUT2D eigenvalue weighted by Crippen LogP contribution is -2.66. The Kier molecular flexibility index (Phi) is 12.5. The first kappa shape index (κ1) is 40.3. The first-order valence-electron chi connectivity index (χ1n) is 17.3. The van der Waals surface area contributed by atoms with Gasteiger partial charge in [0.1, 0.15) is 31.0 Å². The lowest BCUT2D eigenvalue weighted by molar-refractivity contribution is -0.154. The average Bonchev–Trinajstić information content (AvgIpc) is 2.95. The standard InChI is InChI=1S/C38H65O5Si4/c1-17-47(30-24-20-18-21-25-30,31-26-22-19-23-27-31)40-29-32-34(42-45(13,14)37(5,6)7)35(43-46(15,16)38(8,9)10)33(28-39-32)41-44(11,12)36(2,3)4/h17-28,32-35H,1,29H2,2-16H3/t32-,33+,34-,35-/m1/s1. The SMILES string of the molecule is C=C[Si](OC[C@H]1O[CH][C@H](O[Si](C)(C)C(C)(C)C)[C@@H](O[Si](C)(C)C(C)(C)C)[C@@H]1O[Si](C)(C)C(C)(C)C)(c1ccccc1)c1ccccc1. The van der Waals surface area contributed by atoms with Crippen molar-refractivity contribution in [2.45, 2.75) is 141 Å². The highest BCUT2D eigenvalue weighted by atomic mass is 28.4. The van der Waals surface area contributed by atoms with Gasteiger partial charge in [0.15, 0.2) is 25.0 Å². The molecule has 4 atom stereocenters. The van der Waals surface area contributed by atoms with Crippen LogP contribution in [0, 0.1) is 6.61 Å². The molecule has 0 saturated carbocycles. The molecule has 2 aromatic rings. The van der Waals surface area contributed by atoms with Crippen LogP contribution in [0.4, 0.5) is 0 Å². The van der Waals surface area contributed by atoms with Crippen LogP contribution in [-0.4, -0.2) is 64.3 Å². The molecule has 5 nitrogen and oxygen atoms in total. The van der Waals surface area contributed by atoms with E-state index in [0.29, 0.717) is 6.61 Å². The average molecular weight is 714 g/mol. The Morgan fingerprint density at radius 2 is 1.00 bits per heavy atom. The quantitative estimate of drug-likeness (QED) is 0.205. The molecule has 0 spiro atoms. The molecule has 0 amide bonds. The topological polar surface area (TPSA) is 46.2 Å². The number of rotatable bonds is 12. The van der Waals surface area contributed by atoms with Gasteiger partial charge in [0, 0.05) is 0 Å². The molecule has 2 aromatic carbocycles. The maximum absolute atomic E-state index is 7.40. The molecule has 47 heavy (non-hydrogen) atoms. The van der Waals surface area contributed by atoms with Crippen LogP contribution in [0.3, 0.4) is 0 Å². The van der Waals surface area contributed by atoms with Gasteiger partial charge < -0.3 is 22.4 Å². The molecule has 1 radical (unpaired) electrons. The van der Waals surface area contributed by atoms with E-state index in [0.717, 1.165) is 10.4 Å². The van der Waals surface area contributed by atoms with Crippen molar-refractivity contribution in [3.8, 4) is 0 Å². The summed E-state index contributed by atoms with van der Waals surface area (Å²) in [6.45, 7) is 41.0. The van der Waals surface area contributed by atoms with Crippen molar-refractivity contribution < 1.29 is 22.4 Å². The summed E-state index contributed by atoms with van der Waals surface area (Å²) in [6.07, 6.45) is -1.47. The monoisotopic (exact) mass is 713 g/mol. The Balaban J connectivity index is 2.15. The second kappa shape index (κ2) is 14.6. The second-order valence-corrected chi connectivity index (χ2v) is 35.4. The first-order chi connectivity index (χ1) is 21.4. The highest BCUT2D eigenvalue weighted by molar-refractivity contribution is 7.01. The molecule has 1 aliphatic rings. The normalized spacial score (nSPS) is 22.3. The third kappa shape index (κ3) is 9.15. The minimum Gasteiger partial charge on any atom is -0.409 e. The molecule has 9 heteroatoms. The fraction of sp³-hybridized carbons (Fsp3) is 0.605. The van der Waals surface area contributed by atoms with Gasteiger partial charge in [0.2, 0.25) is 0 Å². The largest absolute Gasteiger partial charge is 0.409 e. The molecule has 0 unspecified atom stereocenters. The molecule has 0 aliphatic carbocycles. The molecular formula is C38H65O5Si4. The van der Waals surface area contributed by atoms with E-state index in [9.17, 15) is 0 Å². The molecule has 0 bridgehead atoms. The van der Waals surface area contributed by atoms with Gasteiger partial charge >= 0.3 is 0 Å². The molecule has 1 saturated heterocycles. The zero-order valence-corrected chi connectivity index (χ0v) is 36.2. The second-order valence-electron chi connectivity index (χ2n) is 17.8. The van der Waals surface area contributed by atoms with Gasteiger partial charge in [-0.2, -0.15) is 0 Å². The fourth-order valence-electron chi connectivity index (χ4n) is 5.00. The van der Waals surface area contributed by atoms with E-state index in [1.54, 1.807) is 0 Å². The number of hydrogen-bond acceptors (Lipinski definition) is 5. The van der Waals surface area contributed by atoms with Crippen LogP contribution in [0.1, 0.15) is 62.3 Å². The number of ether oxygens (including phenoxy) is 1. The van der Waals surface area contributed by atoms with Gasteiger partial charge in [0.05, 0.1) is 6.61 Å². The van der Waals surface area contributed by atoms with Crippen molar-refractivity contribution in [1.29, 1.82) is 0 Å². The maximum Gasteiger partial charge on any atom is 0.280 e. The molecule has 1 heterocycles. The summed E-state index contributed by atoms with van der Waals surface area (Å²) in [4.78, 5) is 0. The van der Waals surface area contributed by atoms with Crippen molar-refractivity contribution in [1.82, 2.24) is 0 Å². The van der Waals surface area contributed by atoms with Crippen molar-refractivity contribution >= 4 is 43.6 Å². The van der Waals surface area contributed by atoms with Crippen LogP contribution in [0.15, 0.2) is 72.9 Å². The lowest BCUT2D eigenvalue weighted by Gasteiger charge is -2.52. The predicted molar refractivity (Wildman–Crippen MR) is 209 cm³/mol. The molecule has 1 fully saturated rings. The van der Waals surface area contributed by atoms with E-state index >= 15 is 0 Å². The van der Waals surface area contributed by atoms with Crippen LogP contribution in [0.5, 0.6) is 0 Å². The summed E-state index contributed by atoms with van der Waals surface area (Å²) in [6, 6.07) is 21.0. The van der Waals surface area contributed by atoms with Crippen LogP contribution >= 0.6 is 0 Å². The van der Waals surface area contributed by atoms with Crippen LogP contribution in [0.2, 0.25) is 54.4 Å². The zero-order valence-electron chi connectivity index (χ0n) is 32.2. The van der Waals surface area contributed by atoms with Crippen molar-refractivity contribution in [3.63, 3.8) is 0 Å². The summed E-state index contributed by atoms with van der Waals surface area (Å²) in [5.74, 6) is 0. The van der Waals surface area contributed by atoms with Gasteiger partial charge in [-0.1, -0.05) is 129 Å². The van der Waals surface area contributed by atoms with E-state index in [4.69, 9.17) is 22.4 Å². The third-order valence-corrected chi connectivity index (χ3v) is 28.3. The van der Waals surface area contributed by atoms with Gasteiger partial charge in [-0.15, -0.1) is 6.58 Å². The minimum absolute atomic E-state index is 0.00583. The van der Waals surface area contributed by atoms with Crippen molar-refractivity contribution in [3.05, 3.63) is 79.5 Å². The van der Waals surface area contributed by atoms with Gasteiger partial charge in [0.25, 0.3) is 8.32 Å². The maximum atomic E-state index is 7.40. The summed E-state index contributed by atoms with van der Waals surface area (Å²) in [5.41, 5.74) is 2.04. The smallest absolute Gasteiger partial charge is 0.280 e. The number of benzene rings is 2. The lowest BCUT2D eigenvalue weighted by atomic mass is 10.0. The Labute approximate surface area is 292 Å². The Hall–Kier alpha value is -1.15. The predicted octanol–water partition coefficient (Wildman–Crippen LogP) is 9.22. The molecule has 263 valence electrons. The van der Waals surface area contributed by atoms with Crippen LogP contribution < -0.4 is 10.4 Å². The van der Waals surface area contributed by atoms with E-state index in [-0.39, 0.29) is 33.4 Å². The highest BCUT2D eigenvalue weighted by Gasteiger charge is 2.54.